The molecule has 2 heterocycles. The number of nitrogens with zero attached hydrogens (tertiary/aromatic N) is 2. The molecule has 128 valence electrons. The molecule has 0 radical (unpaired) electrons. The Labute approximate surface area is 158 Å². The number of carbonyl (C=O) groups excluding carboxylic acids is 1. The Bertz CT molecular complexity index is 1120. The molecule has 2 aromatic heterocycles. The zero-order valence-corrected chi connectivity index (χ0v) is 14.8. The molecule has 7 heteroatoms. The quantitative estimate of drug-likeness (QED) is 0.477. The van der Waals surface area contributed by atoms with E-state index in [1.165, 1.54) is 6.20 Å². The van der Waals surface area contributed by atoms with E-state index >= 15 is 0 Å². The molecule has 0 saturated heterocycles. The molecule has 0 aliphatic rings. The molecule has 1 N–H and O–H groups in total. The molecule has 26 heavy (non-hydrogen) atoms. The van der Waals surface area contributed by atoms with Crippen molar-refractivity contribution >= 4 is 45.9 Å². The summed E-state index contributed by atoms with van der Waals surface area (Å²) < 4.78 is 5.76. The summed E-state index contributed by atoms with van der Waals surface area (Å²) in [7, 11) is 0. The fourth-order valence-electron chi connectivity index (χ4n) is 2.51. The van der Waals surface area contributed by atoms with Gasteiger partial charge in [0.05, 0.1) is 5.56 Å². The number of anilines is 1. The Morgan fingerprint density at radius 1 is 1.04 bits per heavy atom. The SMILES string of the molecule is O=C(Nc1cccc(-c2nc3cc(Cl)ccc3o2)c1)c1cccnc1Cl. The maximum Gasteiger partial charge on any atom is 0.258 e. The van der Waals surface area contributed by atoms with Crippen LogP contribution in [-0.2, 0) is 0 Å². The van der Waals surface area contributed by atoms with Gasteiger partial charge < -0.3 is 9.73 Å². The Kier molecular flexibility index (Phi) is 4.32. The Hall–Kier alpha value is -2.89. The summed E-state index contributed by atoms with van der Waals surface area (Å²) in [5, 5.41) is 3.54. The van der Waals surface area contributed by atoms with Gasteiger partial charge in [-0.3, -0.25) is 4.79 Å². The number of halogens is 2. The summed E-state index contributed by atoms with van der Waals surface area (Å²) in [4.78, 5) is 20.7. The lowest BCUT2D eigenvalue weighted by Crippen LogP contribution is -2.12. The molecular formula is C19H11Cl2N3O2. The number of fused-ring (bicyclic) bond motifs is 1. The highest BCUT2D eigenvalue weighted by molar-refractivity contribution is 6.33. The van der Waals surface area contributed by atoms with Crippen molar-refractivity contribution in [1.82, 2.24) is 9.97 Å². The van der Waals surface area contributed by atoms with Crippen LogP contribution in [0.2, 0.25) is 10.2 Å². The van der Waals surface area contributed by atoms with E-state index < -0.39 is 0 Å². The third kappa shape index (κ3) is 3.27. The number of pyridine rings is 1. The summed E-state index contributed by atoms with van der Waals surface area (Å²) in [6.45, 7) is 0. The lowest BCUT2D eigenvalue weighted by atomic mass is 10.2. The van der Waals surface area contributed by atoms with E-state index in [1.807, 2.05) is 6.07 Å². The van der Waals surface area contributed by atoms with Crippen LogP contribution in [-0.4, -0.2) is 15.9 Å². The van der Waals surface area contributed by atoms with Crippen molar-refractivity contribution < 1.29 is 9.21 Å². The van der Waals surface area contributed by atoms with E-state index in [0.29, 0.717) is 33.3 Å². The van der Waals surface area contributed by atoms with Crippen molar-refractivity contribution in [3.8, 4) is 11.5 Å². The molecule has 0 unspecified atom stereocenters. The summed E-state index contributed by atoms with van der Waals surface area (Å²) in [5.41, 5.74) is 2.93. The monoisotopic (exact) mass is 383 g/mol. The molecule has 0 atom stereocenters. The van der Waals surface area contributed by atoms with Crippen molar-refractivity contribution in [3.63, 3.8) is 0 Å². The highest BCUT2D eigenvalue weighted by atomic mass is 35.5. The van der Waals surface area contributed by atoms with E-state index in [-0.39, 0.29) is 11.1 Å². The number of hydrogen-bond acceptors (Lipinski definition) is 4. The van der Waals surface area contributed by atoms with E-state index in [2.05, 4.69) is 15.3 Å². The van der Waals surface area contributed by atoms with Crippen LogP contribution < -0.4 is 5.32 Å². The highest BCUT2D eigenvalue weighted by Gasteiger charge is 2.13. The number of benzene rings is 2. The maximum absolute atomic E-state index is 12.4. The van der Waals surface area contributed by atoms with Gasteiger partial charge in [0.25, 0.3) is 5.91 Å². The predicted octanol–water partition coefficient (Wildman–Crippen LogP) is 5.45. The van der Waals surface area contributed by atoms with Gasteiger partial charge in [-0.2, -0.15) is 0 Å². The first-order chi connectivity index (χ1) is 12.6. The average molecular weight is 384 g/mol. The van der Waals surface area contributed by atoms with Crippen LogP contribution in [0.4, 0.5) is 5.69 Å². The fraction of sp³-hybridized carbons (Fsp3) is 0. The minimum absolute atomic E-state index is 0.150. The van der Waals surface area contributed by atoms with Gasteiger partial charge in [0.2, 0.25) is 5.89 Å². The van der Waals surface area contributed by atoms with Crippen LogP contribution in [0.5, 0.6) is 0 Å². The third-order valence-electron chi connectivity index (χ3n) is 3.72. The number of amides is 1. The second-order valence-corrected chi connectivity index (χ2v) is 6.30. The van der Waals surface area contributed by atoms with Crippen molar-refractivity contribution in [2.24, 2.45) is 0 Å². The van der Waals surface area contributed by atoms with Gasteiger partial charge in [0, 0.05) is 22.5 Å². The second kappa shape index (κ2) is 6.78. The molecule has 0 bridgehead atoms. The summed E-state index contributed by atoms with van der Waals surface area (Å²) in [6, 6.07) is 15.7. The minimum Gasteiger partial charge on any atom is -0.436 e. The number of hydrogen-bond donors (Lipinski definition) is 1. The maximum atomic E-state index is 12.4. The molecule has 0 saturated carbocycles. The first kappa shape index (κ1) is 16.6. The Balaban J connectivity index is 1.64. The summed E-state index contributed by atoms with van der Waals surface area (Å²) in [5.74, 6) is 0.0994. The van der Waals surface area contributed by atoms with Gasteiger partial charge in [-0.25, -0.2) is 9.97 Å². The first-order valence-corrected chi connectivity index (χ1v) is 8.44. The van der Waals surface area contributed by atoms with E-state index in [1.54, 1.807) is 48.5 Å². The van der Waals surface area contributed by atoms with Crippen molar-refractivity contribution in [3.05, 3.63) is 76.5 Å². The van der Waals surface area contributed by atoms with Crippen LogP contribution >= 0.6 is 23.2 Å². The first-order valence-electron chi connectivity index (χ1n) is 7.68. The molecule has 4 rings (SSSR count). The molecule has 5 nitrogen and oxygen atoms in total. The van der Waals surface area contributed by atoms with Crippen LogP contribution in [0.15, 0.2) is 65.2 Å². The topological polar surface area (TPSA) is 68.0 Å². The standard InChI is InChI=1S/C19H11Cl2N3O2/c20-12-6-7-16-15(10-12)24-19(26-16)11-3-1-4-13(9-11)23-18(25)14-5-2-8-22-17(14)21/h1-10H,(H,23,25). The van der Waals surface area contributed by atoms with Crippen molar-refractivity contribution in [2.75, 3.05) is 5.32 Å². The van der Waals surface area contributed by atoms with E-state index in [0.717, 1.165) is 5.56 Å². The highest BCUT2D eigenvalue weighted by Crippen LogP contribution is 2.28. The fourth-order valence-corrected chi connectivity index (χ4v) is 2.88. The lowest BCUT2D eigenvalue weighted by Gasteiger charge is -2.07. The van der Waals surface area contributed by atoms with E-state index in [9.17, 15) is 4.79 Å². The molecule has 2 aromatic carbocycles. The number of nitrogens with one attached hydrogen (secondary N) is 1. The normalized spacial score (nSPS) is 10.8. The molecule has 1 amide bonds. The molecule has 0 aliphatic carbocycles. The number of rotatable bonds is 3. The Morgan fingerprint density at radius 3 is 2.77 bits per heavy atom. The molecule has 0 spiro atoms. The summed E-state index contributed by atoms with van der Waals surface area (Å²) >= 11 is 11.9. The zero-order valence-electron chi connectivity index (χ0n) is 13.2. The van der Waals surface area contributed by atoms with Crippen molar-refractivity contribution in [2.45, 2.75) is 0 Å². The zero-order chi connectivity index (χ0) is 18.1. The minimum atomic E-state index is -0.343. The number of oxazole rings is 1. The summed E-state index contributed by atoms with van der Waals surface area (Å²) in [6.07, 6.45) is 1.53. The average Bonchev–Trinajstić information content (AvgIpc) is 3.05. The van der Waals surface area contributed by atoms with Gasteiger partial charge in [0.1, 0.15) is 10.7 Å². The second-order valence-electron chi connectivity index (χ2n) is 5.51. The largest absolute Gasteiger partial charge is 0.436 e. The predicted molar refractivity (Wildman–Crippen MR) is 102 cm³/mol. The van der Waals surface area contributed by atoms with E-state index in [4.69, 9.17) is 27.6 Å². The molecular weight excluding hydrogens is 373 g/mol. The Morgan fingerprint density at radius 2 is 1.92 bits per heavy atom. The van der Waals surface area contributed by atoms with Crippen LogP contribution in [0.1, 0.15) is 10.4 Å². The van der Waals surface area contributed by atoms with Crippen LogP contribution in [0, 0.1) is 0 Å². The van der Waals surface area contributed by atoms with Crippen LogP contribution in [0.3, 0.4) is 0 Å². The van der Waals surface area contributed by atoms with Crippen molar-refractivity contribution in [1.29, 1.82) is 0 Å². The lowest BCUT2D eigenvalue weighted by molar-refractivity contribution is 0.102. The molecule has 0 fully saturated rings. The van der Waals surface area contributed by atoms with Gasteiger partial charge in [-0.1, -0.05) is 29.3 Å². The number of aromatic nitrogens is 2. The van der Waals surface area contributed by atoms with Crippen LogP contribution in [0.25, 0.3) is 22.6 Å². The van der Waals surface area contributed by atoms with Gasteiger partial charge in [0.15, 0.2) is 5.58 Å². The smallest absolute Gasteiger partial charge is 0.258 e. The van der Waals surface area contributed by atoms with Gasteiger partial charge in [-0.05, 0) is 48.5 Å². The third-order valence-corrected chi connectivity index (χ3v) is 4.26. The van der Waals surface area contributed by atoms with Gasteiger partial charge >= 0.3 is 0 Å². The molecule has 0 aliphatic heterocycles. The number of carbonyl (C=O) groups is 1. The molecule has 4 aromatic rings. The van der Waals surface area contributed by atoms with Gasteiger partial charge in [-0.15, -0.1) is 0 Å².